The summed E-state index contributed by atoms with van der Waals surface area (Å²) in [4.78, 5) is 13.0. The van der Waals surface area contributed by atoms with Gasteiger partial charge in [-0.2, -0.15) is 0 Å². The molecule has 0 aliphatic heterocycles. The third kappa shape index (κ3) is 2.01. The van der Waals surface area contributed by atoms with Gasteiger partial charge in [0.15, 0.2) is 9.84 Å². The van der Waals surface area contributed by atoms with Crippen molar-refractivity contribution in [2.45, 2.75) is 18.5 Å². The number of halogens is 1. The van der Waals surface area contributed by atoms with Crippen LogP contribution in [0.3, 0.4) is 0 Å². The summed E-state index contributed by atoms with van der Waals surface area (Å²) in [6, 6.07) is 1.07. The van der Waals surface area contributed by atoms with E-state index in [2.05, 4.69) is 4.98 Å². The van der Waals surface area contributed by atoms with Gasteiger partial charge in [0.05, 0.1) is 5.75 Å². The molecule has 0 unspecified atom stereocenters. The molecule has 4 nitrogen and oxygen atoms in total. The molecule has 6 heteroatoms. The molecule has 0 aliphatic rings. The largest absolute Gasteiger partial charge is 0.328 e. The van der Waals surface area contributed by atoms with Crippen LogP contribution in [-0.2, 0) is 16.5 Å². The Balaban J connectivity index is 3.41. The number of rotatable bonds is 3. The van der Waals surface area contributed by atoms with Gasteiger partial charge in [-0.25, -0.2) is 12.8 Å². The number of hydrogen-bond acceptors (Lipinski definition) is 3. The van der Waals surface area contributed by atoms with Crippen LogP contribution in [0.1, 0.15) is 12.5 Å². The number of aromatic amines is 1. The van der Waals surface area contributed by atoms with Crippen molar-refractivity contribution >= 4 is 9.84 Å². The number of H-pyrrole nitrogens is 1. The molecule has 1 aromatic rings. The van der Waals surface area contributed by atoms with Crippen LogP contribution in [0.2, 0.25) is 0 Å². The first kappa shape index (κ1) is 10.9. The molecule has 1 rings (SSSR count). The minimum absolute atomic E-state index is 0.150. The molecule has 0 atom stereocenters. The van der Waals surface area contributed by atoms with Gasteiger partial charge in [-0.3, -0.25) is 4.79 Å². The molecule has 0 saturated heterocycles. The fraction of sp³-hybridized carbons (Fsp3) is 0.375. The summed E-state index contributed by atoms with van der Waals surface area (Å²) in [5.74, 6) is -0.175. The number of hydrogen-bond donors (Lipinski definition) is 1. The Kier molecular flexibility index (Phi) is 3.05. The lowest BCUT2D eigenvalue weighted by atomic mass is 10.3. The normalized spacial score (nSPS) is 11.6. The molecule has 0 amide bonds. The number of alkyl halides is 1. The molecule has 0 saturated carbocycles. The Hall–Kier alpha value is -1.17. The Bertz CT molecular complexity index is 478. The first-order chi connectivity index (χ1) is 6.51. The van der Waals surface area contributed by atoms with Gasteiger partial charge in [0.1, 0.15) is 11.6 Å². The van der Waals surface area contributed by atoms with Gasteiger partial charge in [0.2, 0.25) is 0 Å². The highest BCUT2D eigenvalue weighted by atomic mass is 32.2. The number of pyridine rings is 1. The van der Waals surface area contributed by atoms with E-state index >= 15 is 0 Å². The Morgan fingerprint density at radius 1 is 1.50 bits per heavy atom. The number of aromatic nitrogens is 1. The predicted molar refractivity (Wildman–Crippen MR) is 49.6 cm³/mol. The van der Waals surface area contributed by atoms with Crippen LogP contribution in [-0.4, -0.2) is 19.2 Å². The Labute approximate surface area is 80.7 Å². The van der Waals surface area contributed by atoms with Gasteiger partial charge < -0.3 is 4.98 Å². The van der Waals surface area contributed by atoms with Crippen LogP contribution in [0.25, 0.3) is 0 Å². The zero-order chi connectivity index (χ0) is 10.8. The van der Waals surface area contributed by atoms with Crippen molar-refractivity contribution < 1.29 is 12.8 Å². The molecule has 78 valence electrons. The molecule has 1 aromatic heterocycles. The average Bonchev–Trinajstić information content (AvgIpc) is 2.18. The van der Waals surface area contributed by atoms with Gasteiger partial charge in [0, 0.05) is 11.8 Å². The molecule has 0 bridgehead atoms. The van der Waals surface area contributed by atoms with Crippen molar-refractivity contribution in [2.24, 2.45) is 0 Å². The standard InChI is InChI=1S/C8H10FNO3S/c1-2-14(12,13)7-3-6(4-9)5-10-8(7)11/h3,5H,2,4H2,1H3,(H,10,11). The van der Waals surface area contributed by atoms with E-state index in [0.717, 1.165) is 12.3 Å². The summed E-state index contributed by atoms with van der Waals surface area (Å²) < 4.78 is 34.9. The van der Waals surface area contributed by atoms with E-state index in [9.17, 15) is 17.6 Å². The molecular formula is C8H10FNO3S. The van der Waals surface area contributed by atoms with E-state index in [1.807, 2.05) is 0 Å². The van der Waals surface area contributed by atoms with E-state index in [-0.39, 0.29) is 16.2 Å². The fourth-order valence-corrected chi connectivity index (χ4v) is 1.95. The highest BCUT2D eigenvalue weighted by Gasteiger charge is 2.16. The maximum atomic E-state index is 12.2. The molecule has 0 aromatic carbocycles. The summed E-state index contributed by atoms with van der Waals surface area (Å²) in [5.41, 5.74) is -0.555. The van der Waals surface area contributed by atoms with Crippen molar-refractivity contribution in [1.82, 2.24) is 4.98 Å². The number of nitrogens with one attached hydrogen (secondary N) is 1. The first-order valence-corrected chi connectivity index (χ1v) is 5.67. The summed E-state index contributed by atoms with van der Waals surface area (Å²) in [5, 5.41) is 0. The van der Waals surface area contributed by atoms with Crippen LogP contribution >= 0.6 is 0 Å². The Morgan fingerprint density at radius 3 is 2.64 bits per heavy atom. The van der Waals surface area contributed by atoms with Crippen LogP contribution in [0.4, 0.5) is 4.39 Å². The summed E-state index contributed by atoms with van der Waals surface area (Å²) in [6.07, 6.45) is 1.16. The smallest absolute Gasteiger partial charge is 0.266 e. The molecule has 1 N–H and O–H groups in total. The summed E-state index contributed by atoms with van der Waals surface area (Å²) in [6.45, 7) is 0.625. The van der Waals surface area contributed by atoms with Crippen molar-refractivity contribution in [2.75, 3.05) is 5.75 Å². The maximum absolute atomic E-state index is 12.2. The summed E-state index contributed by atoms with van der Waals surface area (Å²) >= 11 is 0. The molecule has 0 radical (unpaired) electrons. The van der Waals surface area contributed by atoms with E-state index in [0.29, 0.717) is 0 Å². The number of sulfone groups is 1. The van der Waals surface area contributed by atoms with Crippen LogP contribution in [0, 0.1) is 0 Å². The van der Waals surface area contributed by atoms with E-state index in [4.69, 9.17) is 0 Å². The lowest BCUT2D eigenvalue weighted by molar-refractivity contribution is 0.483. The predicted octanol–water partition coefficient (Wildman–Crippen LogP) is 0.638. The molecule has 0 aliphatic carbocycles. The van der Waals surface area contributed by atoms with Gasteiger partial charge >= 0.3 is 0 Å². The molecule has 1 heterocycles. The minimum atomic E-state index is -3.57. The highest BCUT2D eigenvalue weighted by molar-refractivity contribution is 7.91. The minimum Gasteiger partial charge on any atom is -0.328 e. The lowest BCUT2D eigenvalue weighted by Gasteiger charge is -2.01. The molecule has 14 heavy (non-hydrogen) atoms. The van der Waals surface area contributed by atoms with Crippen molar-refractivity contribution in [3.63, 3.8) is 0 Å². The fourth-order valence-electron chi connectivity index (χ4n) is 0.969. The van der Waals surface area contributed by atoms with Gasteiger partial charge in [-0.15, -0.1) is 0 Å². The van der Waals surface area contributed by atoms with Crippen molar-refractivity contribution in [1.29, 1.82) is 0 Å². The zero-order valence-electron chi connectivity index (χ0n) is 7.58. The summed E-state index contributed by atoms with van der Waals surface area (Å²) in [7, 11) is -3.57. The van der Waals surface area contributed by atoms with Crippen LogP contribution in [0.15, 0.2) is 22.0 Å². The molecule has 0 fully saturated rings. The molecular weight excluding hydrogens is 209 g/mol. The first-order valence-electron chi connectivity index (χ1n) is 4.01. The average molecular weight is 219 g/mol. The second-order valence-corrected chi connectivity index (χ2v) is 4.99. The third-order valence-electron chi connectivity index (χ3n) is 1.80. The maximum Gasteiger partial charge on any atom is 0.266 e. The zero-order valence-corrected chi connectivity index (χ0v) is 8.40. The van der Waals surface area contributed by atoms with E-state index in [1.54, 1.807) is 0 Å². The van der Waals surface area contributed by atoms with Crippen molar-refractivity contribution in [3.05, 3.63) is 28.2 Å². The van der Waals surface area contributed by atoms with Crippen LogP contribution < -0.4 is 5.56 Å². The third-order valence-corrected chi connectivity index (χ3v) is 3.53. The van der Waals surface area contributed by atoms with Crippen LogP contribution in [0.5, 0.6) is 0 Å². The van der Waals surface area contributed by atoms with Gasteiger partial charge in [-0.05, 0) is 6.07 Å². The SMILES string of the molecule is CCS(=O)(=O)c1cc(CF)c[nH]c1=O. The topological polar surface area (TPSA) is 67.0 Å². The second kappa shape index (κ2) is 3.91. The van der Waals surface area contributed by atoms with Crippen molar-refractivity contribution in [3.8, 4) is 0 Å². The van der Waals surface area contributed by atoms with E-state index in [1.165, 1.54) is 6.92 Å². The Morgan fingerprint density at radius 2 is 2.14 bits per heavy atom. The second-order valence-electron chi connectivity index (χ2n) is 2.74. The van der Waals surface area contributed by atoms with E-state index < -0.39 is 22.1 Å². The monoisotopic (exact) mass is 219 g/mol. The van der Waals surface area contributed by atoms with Gasteiger partial charge in [-0.1, -0.05) is 6.92 Å². The lowest BCUT2D eigenvalue weighted by Crippen LogP contribution is -2.18. The highest BCUT2D eigenvalue weighted by Crippen LogP contribution is 2.08. The molecule has 0 spiro atoms. The van der Waals surface area contributed by atoms with Gasteiger partial charge in [0.25, 0.3) is 5.56 Å². The quantitative estimate of drug-likeness (QED) is 0.811.